The first kappa shape index (κ1) is 67.7. The number of piperazine rings is 1. The van der Waals surface area contributed by atoms with E-state index in [0.29, 0.717) is 58.0 Å². The van der Waals surface area contributed by atoms with Gasteiger partial charge >= 0.3 is 6.09 Å². The van der Waals surface area contributed by atoms with Crippen molar-refractivity contribution in [3.8, 4) is 22.6 Å². The fourth-order valence-electron chi connectivity index (χ4n) is 13.0. The third-order valence-electron chi connectivity index (χ3n) is 17.7. The minimum atomic E-state index is -1.21. The van der Waals surface area contributed by atoms with Gasteiger partial charge in [0, 0.05) is 82.3 Å². The molecule has 1 N–H and O–H groups in total. The molecule has 7 amide bonds. The lowest BCUT2D eigenvalue weighted by atomic mass is 9.77. The van der Waals surface area contributed by atoms with Crippen LogP contribution in [0.3, 0.4) is 0 Å². The Morgan fingerprint density at radius 2 is 1.23 bits per heavy atom. The normalized spacial score (nSPS) is 16.9. The van der Waals surface area contributed by atoms with Crippen LogP contribution in [0.15, 0.2) is 170 Å². The number of hydrogen-bond donors (Lipinski definition) is 1. The van der Waals surface area contributed by atoms with Crippen LogP contribution in [-0.4, -0.2) is 180 Å². The molecule has 0 radical (unpaired) electrons. The van der Waals surface area contributed by atoms with Gasteiger partial charge in [-0.1, -0.05) is 127 Å². The number of benzene rings is 6. The monoisotopic (exact) mass is 1300 g/mol. The van der Waals surface area contributed by atoms with Crippen molar-refractivity contribution in [2.75, 3.05) is 97.0 Å². The smallest absolute Gasteiger partial charge is 0.410 e. The second-order valence-electron chi connectivity index (χ2n) is 25.9. The summed E-state index contributed by atoms with van der Waals surface area (Å²) in [7, 11) is 0. The predicted molar refractivity (Wildman–Crippen MR) is 359 cm³/mol. The van der Waals surface area contributed by atoms with E-state index in [-0.39, 0.29) is 93.7 Å². The minimum Gasteiger partial charge on any atom is -0.490 e. The number of nitrogens with one attached hydrogen (secondary N) is 1. The number of carbonyl (C=O) groups is 7. The number of nitrogens with zero attached hydrogens (tertiary/aromatic N) is 7. The average molecular weight is 1310 g/mol. The van der Waals surface area contributed by atoms with E-state index in [1.807, 2.05) is 74.3 Å². The SMILES string of the molecule is CC(C)(C)OC(=O)N1CCN(C(=O)C(C)(C)Oc2cccc(N3CCC[C@@H](C(=O)N(CCOCCOCCOCCOc4cccc5c4C(=O)N(C4CCC(=O)NC4=O)C5=O)Cc4ccc(-c5cnn(C(c6ccccc6)(c6ccccc6)c6ccccc6)c5)cc4)C3)c2)CC1. The van der Waals surface area contributed by atoms with E-state index in [4.69, 9.17) is 33.5 Å². The molecule has 0 aliphatic carbocycles. The molecule has 3 saturated heterocycles. The highest BCUT2D eigenvalue weighted by Crippen LogP contribution is 2.42. The Bertz CT molecular complexity index is 3770. The summed E-state index contributed by atoms with van der Waals surface area (Å²) in [5.41, 5.74) is 4.55. The minimum absolute atomic E-state index is 0.0157. The Labute approximate surface area is 560 Å². The molecule has 4 aliphatic rings. The van der Waals surface area contributed by atoms with Crippen LogP contribution in [0.4, 0.5) is 10.5 Å². The van der Waals surface area contributed by atoms with Gasteiger partial charge in [0.25, 0.3) is 17.7 Å². The van der Waals surface area contributed by atoms with Gasteiger partial charge in [-0.25, -0.2) is 4.79 Å². The second kappa shape index (κ2) is 30.4. The predicted octanol–water partition coefficient (Wildman–Crippen LogP) is 9.40. The largest absolute Gasteiger partial charge is 0.490 e. The Morgan fingerprint density at radius 3 is 1.85 bits per heavy atom. The van der Waals surface area contributed by atoms with Crippen LogP contribution in [0.1, 0.15) is 103 Å². The molecule has 5 heterocycles. The Kier molecular flexibility index (Phi) is 21.4. The summed E-state index contributed by atoms with van der Waals surface area (Å²) < 4.78 is 37.7. The standard InChI is InChI=1S/C75H84N8O13/c1-73(2,3)96-72(90)79-38-36-78(37-39-79)71(89)74(4,5)95-61-26-15-25-60(48-61)80-35-17-18-55(51-80)68(86)81(40-41-91-42-43-92-44-45-93-46-47-94-64-28-16-27-62-66(64)70(88)83(69(62)87)63-33-34-65(84)77-67(63)85)50-53-29-31-54(32-30-53)56-49-76-82(52-56)75(57-19-9-6-10-20-57,58-21-11-7-12-22-58)59-23-13-8-14-24-59/h6-16,19-32,48-49,52,55,63H,17-18,33-47,50-51H2,1-5H3,(H,77,84,85)/t55-,63?/m1/s1. The van der Waals surface area contributed by atoms with Gasteiger partial charge in [0.2, 0.25) is 17.7 Å². The number of fused-ring (bicyclic) bond motifs is 1. The summed E-state index contributed by atoms with van der Waals surface area (Å²) in [5.74, 6) is -2.16. The zero-order valence-corrected chi connectivity index (χ0v) is 55.2. The highest BCUT2D eigenvalue weighted by atomic mass is 16.6. The summed E-state index contributed by atoms with van der Waals surface area (Å²) in [6.07, 6.45) is 5.18. The lowest BCUT2D eigenvalue weighted by Gasteiger charge is -2.39. The lowest BCUT2D eigenvalue weighted by Crippen LogP contribution is -2.57. The van der Waals surface area contributed by atoms with Crippen LogP contribution in [0.25, 0.3) is 11.1 Å². The van der Waals surface area contributed by atoms with Crippen molar-refractivity contribution < 1.29 is 62.0 Å². The number of imide groups is 2. The van der Waals surface area contributed by atoms with Crippen LogP contribution in [0.2, 0.25) is 0 Å². The molecule has 96 heavy (non-hydrogen) atoms. The number of rotatable bonds is 26. The molecule has 21 heteroatoms. The first-order valence-corrected chi connectivity index (χ1v) is 33.0. The van der Waals surface area contributed by atoms with Crippen molar-refractivity contribution >= 4 is 47.2 Å². The molecule has 3 fully saturated rings. The average Bonchev–Trinajstić information content (AvgIpc) is 1.35. The maximum Gasteiger partial charge on any atom is 0.410 e. The molecular formula is C75H84N8O13. The fraction of sp³-hybridized carbons (Fsp3) is 0.387. The van der Waals surface area contributed by atoms with Crippen LogP contribution < -0.4 is 19.7 Å². The Morgan fingerprint density at radius 1 is 0.625 bits per heavy atom. The summed E-state index contributed by atoms with van der Waals surface area (Å²) in [6.45, 7) is 13.9. The van der Waals surface area contributed by atoms with Gasteiger partial charge in [0.15, 0.2) is 5.60 Å². The molecule has 0 spiro atoms. The van der Waals surface area contributed by atoms with E-state index >= 15 is 4.79 Å². The maximum atomic E-state index is 15.0. The van der Waals surface area contributed by atoms with E-state index in [2.05, 4.69) is 118 Å². The van der Waals surface area contributed by atoms with Gasteiger partial charge in [-0.3, -0.25) is 43.7 Å². The third-order valence-corrected chi connectivity index (χ3v) is 17.7. The zero-order valence-electron chi connectivity index (χ0n) is 55.2. The molecule has 6 aromatic carbocycles. The Hall–Kier alpha value is -9.70. The van der Waals surface area contributed by atoms with E-state index in [9.17, 15) is 28.8 Å². The van der Waals surface area contributed by atoms with Gasteiger partial charge in [0.1, 0.15) is 35.3 Å². The maximum absolute atomic E-state index is 15.0. The quantitative estimate of drug-likeness (QED) is 0.0303. The molecule has 1 unspecified atom stereocenters. The number of anilines is 1. The van der Waals surface area contributed by atoms with E-state index in [1.165, 1.54) is 6.07 Å². The summed E-state index contributed by atoms with van der Waals surface area (Å²) in [4.78, 5) is 101. The number of aromatic nitrogens is 2. The third kappa shape index (κ3) is 15.7. The topological polar surface area (TPSA) is 221 Å². The van der Waals surface area contributed by atoms with Crippen LogP contribution in [0.5, 0.6) is 11.5 Å². The summed E-state index contributed by atoms with van der Waals surface area (Å²) >= 11 is 0. The van der Waals surface area contributed by atoms with E-state index in [1.54, 1.807) is 35.8 Å². The van der Waals surface area contributed by atoms with Gasteiger partial charge in [-0.05, 0) is 106 Å². The number of carbonyl (C=O) groups excluding carboxylic acids is 7. The molecular weight excluding hydrogens is 1220 g/mol. The van der Waals surface area contributed by atoms with Crippen LogP contribution in [-0.2, 0) is 50.2 Å². The zero-order chi connectivity index (χ0) is 67.4. The molecule has 0 saturated carbocycles. The number of amides is 7. The van der Waals surface area contributed by atoms with Crippen LogP contribution >= 0.6 is 0 Å². The molecule has 21 nitrogen and oxygen atoms in total. The molecule has 1 aromatic heterocycles. The molecule has 7 aromatic rings. The fourth-order valence-corrected chi connectivity index (χ4v) is 13.0. The second-order valence-corrected chi connectivity index (χ2v) is 25.9. The molecule has 11 rings (SSSR count). The van der Waals surface area contributed by atoms with Gasteiger partial charge in [-0.15, -0.1) is 0 Å². The summed E-state index contributed by atoms with van der Waals surface area (Å²) in [6, 6.07) is 50.9. The summed E-state index contributed by atoms with van der Waals surface area (Å²) in [5, 5.41) is 7.31. The van der Waals surface area contributed by atoms with Crippen molar-refractivity contribution in [2.24, 2.45) is 5.92 Å². The highest BCUT2D eigenvalue weighted by Gasteiger charge is 2.47. The van der Waals surface area contributed by atoms with Gasteiger partial charge in [0.05, 0.1) is 62.9 Å². The number of piperidine rings is 2. The van der Waals surface area contributed by atoms with Crippen LogP contribution in [0, 0.1) is 5.92 Å². The van der Waals surface area contributed by atoms with Crippen molar-refractivity contribution in [3.63, 3.8) is 0 Å². The highest BCUT2D eigenvalue weighted by molar-refractivity contribution is 6.24. The Balaban J connectivity index is 0.713. The molecule has 4 aliphatic heterocycles. The molecule has 0 bridgehead atoms. The first-order chi connectivity index (χ1) is 46.4. The van der Waals surface area contributed by atoms with Gasteiger partial charge in [-0.2, -0.15) is 5.10 Å². The molecule has 502 valence electrons. The van der Waals surface area contributed by atoms with Crippen molar-refractivity contribution in [2.45, 2.75) is 89.6 Å². The first-order valence-electron chi connectivity index (χ1n) is 33.0. The number of hydrogen-bond acceptors (Lipinski definition) is 15. The van der Waals surface area contributed by atoms with E-state index in [0.717, 1.165) is 56.9 Å². The van der Waals surface area contributed by atoms with Crippen molar-refractivity contribution in [1.29, 1.82) is 0 Å². The molecule has 2 atom stereocenters. The lowest BCUT2D eigenvalue weighted by molar-refractivity contribution is -0.147. The van der Waals surface area contributed by atoms with Gasteiger partial charge < -0.3 is 48.0 Å². The van der Waals surface area contributed by atoms with E-state index < -0.39 is 52.5 Å². The number of ether oxygens (including phenoxy) is 6. The van der Waals surface area contributed by atoms with Crippen molar-refractivity contribution in [1.82, 2.24) is 34.7 Å². The van der Waals surface area contributed by atoms with Crippen molar-refractivity contribution in [3.05, 3.63) is 203 Å².